The van der Waals surface area contributed by atoms with Crippen LogP contribution in [0.2, 0.25) is 0 Å². The van der Waals surface area contributed by atoms with Crippen LogP contribution < -0.4 is 37.2 Å². The van der Waals surface area contributed by atoms with E-state index in [1.165, 1.54) is 0 Å². The number of rotatable bonds is 0. The smallest absolute Gasteiger partial charge is 1.00 e. The summed E-state index contributed by atoms with van der Waals surface area (Å²) in [5.74, 6) is 0. The van der Waals surface area contributed by atoms with Gasteiger partial charge in [-0.05, 0) is 7.43 Å². The average molecular weight is 146 g/mol. The fraction of sp³-hybridized carbons (Fsp3) is 0. The summed E-state index contributed by atoms with van der Waals surface area (Å²) >= 11 is 0. The second-order valence-electron chi connectivity index (χ2n) is 0. The van der Waals surface area contributed by atoms with Gasteiger partial charge < -0.3 is 37.2 Å². The Balaban J connectivity index is 0. The van der Waals surface area contributed by atoms with Crippen molar-refractivity contribution < 1.29 is 37.2 Å². The summed E-state index contributed by atoms with van der Waals surface area (Å²) < 4.78 is 0. The first-order chi connectivity index (χ1) is 0. The standard InChI is InChI=1S/CH.Al.3ClH/h1H;;3*1H/q;+3;;;/p-3. The molecule has 0 fully saturated rings. The predicted octanol–water partition coefficient (Wildman–Crippen LogP) is -9.16. The molecule has 0 rings (SSSR count). The topological polar surface area (TPSA) is 0 Å². The molecular formula is CHAlCl3. The van der Waals surface area contributed by atoms with Crippen LogP contribution in [0.5, 0.6) is 0 Å². The van der Waals surface area contributed by atoms with Crippen LogP contribution in [0.1, 0.15) is 0 Å². The number of hydrogen-bond donors (Lipinski definition) is 0. The van der Waals surface area contributed by atoms with E-state index in [9.17, 15) is 0 Å². The van der Waals surface area contributed by atoms with E-state index in [0.29, 0.717) is 0 Å². The summed E-state index contributed by atoms with van der Waals surface area (Å²) in [5.41, 5.74) is 0. The molecule has 3 radical (unpaired) electrons. The molecule has 0 nitrogen and oxygen atoms in total. The van der Waals surface area contributed by atoms with Gasteiger partial charge >= 0.3 is 17.4 Å². The molecule has 0 aliphatic heterocycles. The van der Waals surface area contributed by atoms with Crippen LogP contribution in [0.4, 0.5) is 0 Å². The Labute approximate surface area is 62.1 Å². The molecule has 29 valence electrons. The summed E-state index contributed by atoms with van der Waals surface area (Å²) in [5, 5.41) is 0. The average Bonchev–Trinajstić information content (AvgIpc) is 0. The second kappa shape index (κ2) is 53.2. The third kappa shape index (κ3) is 31.8. The molecule has 0 spiro atoms. The zero-order chi connectivity index (χ0) is 0. The van der Waals surface area contributed by atoms with Crippen molar-refractivity contribution >= 4 is 17.4 Å². The van der Waals surface area contributed by atoms with Gasteiger partial charge in [0.2, 0.25) is 0 Å². The van der Waals surface area contributed by atoms with E-state index in [1.54, 1.807) is 0 Å². The Hall–Kier alpha value is 1.40. The fourth-order valence-corrected chi connectivity index (χ4v) is 0. The van der Waals surface area contributed by atoms with E-state index in [0.717, 1.165) is 0 Å². The van der Waals surface area contributed by atoms with Gasteiger partial charge in [0.15, 0.2) is 0 Å². The molecule has 0 heterocycles. The first kappa shape index (κ1) is 95.0. The van der Waals surface area contributed by atoms with E-state index in [4.69, 9.17) is 0 Å². The van der Waals surface area contributed by atoms with Crippen LogP contribution in [0.15, 0.2) is 0 Å². The molecule has 5 heavy (non-hydrogen) atoms. The molecule has 0 aliphatic rings. The van der Waals surface area contributed by atoms with E-state index in [1.807, 2.05) is 0 Å². The molecule has 0 amide bonds. The zero-order valence-electron chi connectivity index (χ0n) is 2.29. The third-order valence-corrected chi connectivity index (χ3v) is 0. The van der Waals surface area contributed by atoms with Gasteiger partial charge in [0.1, 0.15) is 0 Å². The summed E-state index contributed by atoms with van der Waals surface area (Å²) in [6, 6.07) is 0. The molecule has 0 aliphatic carbocycles. The van der Waals surface area contributed by atoms with Crippen LogP contribution in [0.25, 0.3) is 0 Å². The largest absolute Gasteiger partial charge is 3.00 e. The number of hydrogen-bond acceptors (Lipinski definition) is 0. The molecule has 0 bridgehead atoms. The Kier molecular flexibility index (Phi) is 1010. The minimum atomic E-state index is 0. The Bertz CT molecular complexity index is 6.85. The van der Waals surface area contributed by atoms with Crippen LogP contribution in [0.3, 0.4) is 0 Å². The van der Waals surface area contributed by atoms with E-state index < -0.39 is 0 Å². The van der Waals surface area contributed by atoms with Crippen molar-refractivity contribution in [3.8, 4) is 0 Å². The van der Waals surface area contributed by atoms with Crippen LogP contribution >= 0.6 is 0 Å². The Morgan fingerprint density at radius 1 is 0.600 bits per heavy atom. The molecule has 0 N–H and O–H groups in total. The van der Waals surface area contributed by atoms with Crippen molar-refractivity contribution in [2.45, 2.75) is 0 Å². The van der Waals surface area contributed by atoms with Gasteiger partial charge in [-0.25, -0.2) is 0 Å². The molecular weight excluding hydrogens is 145 g/mol. The second-order valence-corrected chi connectivity index (χ2v) is 0. The van der Waals surface area contributed by atoms with Gasteiger partial charge in [0.05, 0.1) is 0 Å². The van der Waals surface area contributed by atoms with Crippen LogP contribution in [0, 0.1) is 7.43 Å². The summed E-state index contributed by atoms with van der Waals surface area (Å²) in [6.45, 7) is 0. The minimum absolute atomic E-state index is 0. The Morgan fingerprint density at radius 2 is 0.600 bits per heavy atom. The maximum atomic E-state index is 0. The first-order valence-electron chi connectivity index (χ1n) is 0. The molecule has 0 saturated heterocycles. The van der Waals surface area contributed by atoms with Crippen molar-refractivity contribution in [2.75, 3.05) is 0 Å². The van der Waals surface area contributed by atoms with Gasteiger partial charge in [-0.3, -0.25) is 0 Å². The first-order valence-corrected chi connectivity index (χ1v) is 0. The van der Waals surface area contributed by atoms with Crippen molar-refractivity contribution in [3.05, 3.63) is 7.43 Å². The van der Waals surface area contributed by atoms with Gasteiger partial charge in [0, 0.05) is 0 Å². The maximum absolute atomic E-state index is 0. The predicted molar refractivity (Wildman–Crippen MR) is 10.1 cm³/mol. The molecule has 0 aromatic rings. The molecule has 0 atom stereocenters. The van der Waals surface area contributed by atoms with Crippen LogP contribution in [-0.4, -0.2) is 17.4 Å². The molecule has 4 heteroatoms. The normalized spacial score (nSPS) is 0. The van der Waals surface area contributed by atoms with Crippen molar-refractivity contribution in [3.63, 3.8) is 0 Å². The monoisotopic (exact) mass is 145 g/mol. The summed E-state index contributed by atoms with van der Waals surface area (Å²) in [4.78, 5) is 0. The van der Waals surface area contributed by atoms with E-state index in [2.05, 4.69) is 0 Å². The summed E-state index contributed by atoms with van der Waals surface area (Å²) in [6.07, 6.45) is 0. The zero-order valence-corrected chi connectivity index (χ0v) is 5.71. The molecule has 0 aromatic carbocycles. The minimum Gasteiger partial charge on any atom is -1.00 e. The van der Waals surface area contributed by atoms with Crippen LogP contribution in [-0.2, 0) is 0 Å². The van der Waals surface area contributed by atoms with Crippen molar-refractivity contribution in [2.24, 2.45) is 0 Å². The maximum Gasteiger partial charge on any atom is 3.00 e. The quantitative estimate of drug-likeness (QED) is 0.298. The van der Waals surface area contributed by atoms with Gasteiger partial charge in [-0.2, -0.15) is 0 Å². The molecule has 0 unspecified atom stereocenters. The van der Waals surface area contributed by atoms with E-state index >= 15 is 0 Å². The fourth-order valence-electron chi connectivity index (χ4n) is 0. The van der Waals surface area contributed by atoms with Gasteiger partial charge in [0.25, 0.3) is 0 Å². The van der Waals surface area contributed by atoms with Gasteiger partial charge in [-0.15, -0.1) is 0 Å². The molecule has 0 saturated carbocycles. The van der Waals surface area contributed by atoms with Crippen molar-refractivity contribution in [1.82, 2.24) is 0 Å². The third-order valence-electron chi connectivity index (χ3n) is 0. The molecule has 0 aromatic heterocycles. The SMILES string of the molecule is [Al+3].[CH].[Cl-].[Cl-].[Cl-]. The summed E-state index contributed by atoms with van der Waals surface area (Å²) in [7, 11) is 0. The van der Waals surface area contributed by atoms with Gasteiger partial charge in [-0.1, -0.05) is 0 Å². The van der Waals surface area contributed by atoms with E-state index in [-0.39, 0.29) is 62.0 Å². The Morgan fingerprint density at radius 3 is 0.600 bits per heavy atom. The number of halogens is 3. The van der Waals surface area contributed by atoms with Crippen molar-refractivity contribution in [1.29, 1.82) is 0 Å².